The predicted octanol–water partition coefficient (Wildman–Crippen LogP) is 4.73. The van der Waals surface area contributed by atoms with E-state index in [0.717, 1.165) is 5.56 Å². The number of methoxy groups -OCH3 is 1. The van der Waals surface area contributed by atoms with E-state index in [4.69, 9.17) is 16.3 Å². The van der Waals surface area contributed by atoms with Crippen molar-refractivity contribution in [2.24, 2.45) is 0 Å². The molecule has 0 heterocycles. The summed E-state index contributed by atoms with van der Waals surface area (Å²) in [5.41, 5.74) is 1.94. The molecule has 1 N–H and O–H groups in total. The van der Waals surface area contributed by atoms with Crippen LogP contribution in [-0.4, -0.2) is 28.5 Å². The molecule has 156 valence electrons. The van der Waals surface area contributed by atoms with Gasteiger partial charge in [-0.3, -0.25) is 9.10 Å². The van der Waals surface area contributed by atoms with Gasteiger partial charge in [0.1, 0.15) is 5.75 Å². The summed E-state index contributed by atoms with van der Waals surface area (Å²) >= 11 is 6.11. The second-order valence-corrected chi connectivity index (χ2v) is 8.97. The monoisotopic (exact) mass is 444 g/mol. The molecule has 0 unspecified atom stereocenters. The Morgan fingerprint density at radius 2 is 1.73 bits per heavy atom. The van der Waals surface area contributed by atoms with Crippen LogP contribution in [0.3, 0.4) is 0 Å². The maximum atomic E-state index is 13.0. The molecule has 8 heteroatoms. The smallest absolute Gasteiger partial charge is 0.264 e. The molecule has 0 saturated carbocycles. The van der Waals surface area contributed by atoms with Gasteiger partial charge in [-0.15, -0.1) is 0 Å². The molecular formula is C22H21ClN2O4S. The number of aryl methyl sites for hydroxylation is 1. The summed E-state index contributed by atoms with van der Waals surface area (Å²) in [6.07, 6.45) is 0. The molecular weight excluding hydrogens is 424 g/mol. The molecule has 3 aromatic carbocycles. The first-order chi connectivity index (χ1) is 14.2. The minimum atomic E-state index is -3.83. The average Bonchev–Trinajstić information content (AvgIpc) is 2.76. The lowest BCUT2D eigenvalue weighted by Gasteiger charge is -2.19. The van der Waals surface area contributed by atoms with E-state index in [1.54, 1.807) is 42.5 Å². The Hall–Kier alpha value is -3.03. The molecule has 0 aliphatic heterocycles. The summed E-state index contributed by atoms with van der Waals surface area (Å²) in [4.78, 5) is 12.8. The van der Waals surface area contributed by atoms with Gasteiger partial charge in [-0.1, -0.05) is 35.9 Å². The third-order valence-electron chi connectivity index (χ3n) is 4.60. The van der Waals surface area contributed by atoms with Crippen LogP contribution in [0.2, 0.25) is 5.02 Å². The summed E-state index contributed by atoms with van der Waals surface area (Å²) in [6, 6.07) is 17.9. The number of rotatable bonds is 6. The van der Waals surface area contributed by atoms with Crippen LogP contribution in [0, 0.1) is 6.92 Å². The molecule has 1 amide bonds. The highest BCUT2D eigenvalue weighted by molar-refractivity contribution is 7.92. The van der Waals surface area contributed by atoms with Gasteiger partial charge in [-0.2, -0.15) is 0 Å². The van der Waals surface area contributed by atoms with Gasteiger partial charge in [0.25, 0.3) is 15.9 Å². The van der Waals surface area contributed by atoms with Gasteiger partial charge in [0.05, 0.1) is 23.4 Å². The fourth-order valence-electron chi connectivity index (χ4n) is 2.86. The highest BCUT2D eigenvalue weighted by atomic mass is 35.5. The van der Waals surface area contributed by atoms with Gasteiger partial charge in [-0.25, -0.2) is 8.42 Å². The molecule has 0 atom stereocenters. The van der Waals surface area contributed by atoms with E-state index in [2.05, 4.69) is 5.32 Å². The van der Waals surface area contributed by atoms with Gasteiger partial charge in [0.15, 0.2) is 0 Å². The number of halogens is 1. The lowest BCUT2D eigenvalue weighted by Crippen LogP contribution is -2.26. The first-order valence-electron chi connectivity index (χ1n) is 9.03. The number of carbonyl (C=O) groups is 1. The van der Waals surface area contributed by atoms with Crippen molar-refractivity contribution >= 4 is 38.9 Å². The third-order valence-corrected chi connectivity index (χ3v) is 6.79. The molecule has 0 fully saturated rings. The molecule has 30 heavy (non-hydrogen) atoms. The quantitative estimate of drug-likeness (QED) is 0.596. The van der Waals surface area contributed by atoms with Crippen molar-refractivity contribution in [2.75, 3.05) is 23.8 Å². The number of nitrogens with zero attached hydrogens (tertiary/aromatic N) is 1. The third kappa shape index (κ3) is 4.42. The summed E-state index contributed by atoms with van der Waals surface area (Å²) in [7, 11) is -0.888. The van der Waals surface area contributed by atoms with E-state index in [0.29, 0.717) is 22.1 Å². The maximum Gasteiger partial charge on any atom is 0.264 e. The zero-order chi connectivity index (χ0) is 21.9. The topological polar surface area (TPSA) is 75.7 Å². The van der Waals surface area contributed by atoms with Gasteiger partial charge in [0.2, 0.25) is 0 Å². The minimum Gasteiger partial charge on any atom is -0.495 e. The van der Waals surface area contributed by atoms with Crippen LogP contribution in [0.15, 0.2) is 71.6 Å². The van der Waals surface area contributed by atoms with Gasteiger partial charge in [-0.05, 0) is 48.9 Å². The van der Waals surface area contributed by atoms with Gasteiger partial charge in [0, 0.05) is 23.7 Å². The average molecular weight is 445 g/mol. The first-order valence-corrected chi connectivity index (χ1v) is 10.9. The van der Waals surface area contributed by atoms with Crippen molar-refractivity contribution in [1.29, 1.82) is 0 Å². The number of hydrogen-bond donors (Lipinski definition) is 1. The molecule has 0 saturated heterocycles. The summed E-state index contributed by atoms with van der Waals surface area (Å²) in [5.74, 6) is -0.0547. The number of ether oxygens (including phenoxy) is 1. The Labute approximate surface area is 181 Å². The Morgan fingerprint density at radius 3 is 2.40 bits per heavy atom. The first kappa shape index (κ1) is 21.7. The van der Waals surface area contributed by atoms with E-state index in [-0.39, 0.29) is 10.5 Å². The van der Waals surface area contributed by atoms with E-state index < -0.39 is 15.9 Å². The highest BCUT2D eigenvalue weighted by Gasteiger charge is 2.22. The van der Waals surface area contributed by atoms with Crippen LogP contribution in [0.4, 0.5) is 11.4 Å². The molecule has 0 radical (unpaired) electrons. The van der Waals surface area contributed by atoms with E-state index >= 15 is 0 Å². The van der Waals surface area contributed by atoms with Crippen LogP contribution in [0.25, 0.3) is 0 Å². The highest BCUT2D eigenvalue weighted by Crippen LogP contribution is 2.31. The van der Waals surface area contributed by atoms with Gasteiger partial charge < -0.3 is 10.1 Å². The van der Waals surface area contributed by atoms with Crippen LogP contribution >= 0.6 is 11.6 Å². The Bertz CT molecular complexity index is 1180. The minimum absolute atomic E-state index is 0.0146. The predicted molar refractivity (Wildman–Crippen MR) is 119 cm³/mol. The lowest BCUT2D eigenvalue weighted by molar-refractivity contribution is 0.102. The largest absolute Gasteiger partial charge is 0.495 e. The number of hydrogen-bond acceptors (Lipinski definition) is 4. The number of amides is 1. The zero-order valence-electron chi connectivity index (χ0n) is 16.7. The van der Waals surface area contributed by atoms with E-state index in [1.807, 2.05) is 13.0 Å². The van der Waals surface area contributed by atoms with Gasteiger partial charge >= 0.3 is 0 Å². The van der Waals surface area contributed by atoms with Crippen molar-refractivity contribution in [1.82, 2.24) is 0 Å². The second-order valence-electron chi connectivity index (χ2n) is 6.59. The molecule has 3 rings (SSSR count). The van der Waals surface area contributed by atoms with Crippen LogP contribution in [0.5, 0.6) is 5.75 Å². The Balaban J connectivity index is 1.90. The molecule has 3 aromatic rings. The SMILES string of the molecule is COc1cc(Cl)c(C)cc1NC(=O)c1cccc(S(=O)(=O)N(C)c2ccccc2)c1. The molecule has 0 bridgehead atoms. The van der Waals surface area contributed by atoms with Crippen molar-refractivity contribution in [3.8, 4) is 5.75 Å². The molecule has 0 aromatic heterocycles. The summed E-state index contributed by atoms with van der Waals surface area (Å²) in [5, 5.41) is 3.27. The number of anilines is 2. The Morgan fingerprint density at radius 1 is 1.03 bits per heavy atom. The lowest BCUT2D eigenvalue weighted by atomic mass is 10.1. The van der Waals surface area contributed by atoms with Crippen molar-refractivity contribution < 1.29 is 17.9 Å². The van der Waals surface area contributed by atoms with Crippen molar-refractivity contribution in [3.05, 3.63) is 82.9 Å². The summed E-state index contributed by atoms with van der Waals surface area (Å²) < 4.78 is 32.5. The number of sulfonamides is 1. The fourth-order valence-corrected chi connectivity index (χ4v) is 4.25. The van der Waals surface area contributed by atoms with Crippen molar-refractivity contribution in [2.45, 2.75) is 11.8 Å². The van der Waals surface area contributed by atoms with Crippen LogP contribution in [-0.2, 0) is 10.0 Å². The molecule has 0 aliphatic carbocycles. The molecule has 6 nitrogen and oxygen atoms in total. The van der Waals surface area contributed by atoms with E-state index in [9.17, 15) is 13.2 Å². The molecule has 0 spiro atoms. The van der Waals surface area contributed by atoms with Crippen LogP contribution < -0.4 is 14.4 Å². The zero-order valence-corrected chi connectivity index (χ0v) is 18.3. The van der Waals surface area contributed by atoms with Crippen LogP contribution in [0.1, 0.15) is 15.9 Å². The normalized spacial score (nSPS) is 11.1. The fraction of sp³-hybridized carbons (Fsp3) is 0.136. The Kier molecular flexibility index (Phi) is 6.34. The van der Waals surface area contributed by atoms with E-state index in [1.165, 1.54) is 36.7 Å². The number of nitrogens with one attached hydrogen (secondary N) is 1. The number of benzene rings is 3. The standard InChI is InChI=1S/C22H21ClN2O4S/c1-15-12-20(21(29-3)14-19(15)23)24-22(26)16-8-7-11-18(13-16)30(27,28)25(2)17-9-5-4-6-10-17/h4-14H,1-3H3,(H,24,26). The molecule has 0 aliphatic rings. The van der Waals surface area contributed by atoms with Crippen molar-refractivity contribution in [3.63, 3.8) is 0 Å². The number of para-hydroxylation sites is 1. The maximum absolute atomic E-state index is 13.0. The second kappa shape index (κ2) is 8.77. The number of carbonyl (C=O) groups excluding carboxylic acids is 1. The summed E-state index contributed by atoms with van der Waals surface area (Å²) in [6.45, 7) is 1.81.